The molecule has 16 heavy (non-hydrogen) atoms. The fraction of sp³-hybridized carbons (Fsp3) is 0.364. The van der Waals surface area contributed by atoms with E-state index in [1.807, 2.05) is 13.8 Å². The van der Waals surface area contributed by atoms with Gasteiger partial charge in [-0.25, -0.2) is 0 Å². The van der Waals surface area contributed by atoms with E-state index in [2.05, 4.69) is 10.6 Å². The Bertz CT molecular complexity index is 382. The van der Waals surface area contributed by atoms with Crippen molar-refractivity contribution in [2.75, 3.05) is 12.4 Å². The topological polar surface area (TPSA) is 33.3 Å². The van der Waals surface area contributed by atoms with Gasteiger partial charge in [-0.3, -0.25) is 0 Å². The van der Waals surface area contributed by atoms with Gasteiger partial charge in [-0.1, -0.05) is 11.6 Å². The summed E-state index contributed by atoms with van der Waals surface area (Å²) in [6.45, 7) is 4.03. The first kappa shape index (κ1) is 13.1. The first-order valence-electron chi connectivity index (χ1n) is 4.94. The molecule has 1 rings (SSSR count). The van der Waals surface area contributed by atoms with E-state index in [1.54, 1.807) is 25.3 Å². The van der Waals surface area contributed by atoms with Crippen LogP contribution in [0, 0.1) is 0 Å². The molecular weight excluding hydrogens is 244 g/mol. The van der Waals surface area contributed by atoms with Crippen LogP contribution >= 0.6 is 23.8 Å². The van der Waals surface area contributed by atoms with Gasteiger partial charge >= 0.3 is 0 Å². The van der Waals surface area contributed by atoms with Gasteiger partial charge in [0.1, 0.15) is 5.75 Å². The van der Waals surface area contributed by atoms with Gasteiger partial charge in [-0.05, 0) is 38.2 Å². The van der Waals surface area contributed by atoms with Crippen LogP contribution in [0.25, 0.3) is 0 Å². The molecule has 0 aliphatic heterocycles. The van der Waals surface area contributed by atoms with Crippen LogP contribution in [0.1, 0.15) is 13.8 Å². The van der Waals surface area contributed by atoms with Crippen molar-refractivity contribution in [2.45, 2.75) is 19.9 Å². The fourth-order valence-corrected chi connectivity index (χ4v) is 1.66. The van der Waals surface area contributed by atoms with E-state index in [9.17, 15) is 0 Å². The molecule has 0 amide bonds. The van der Waals surface area contributed by atoms with Crippen LogP contribution in [0.4, 0.5) is 5.69 Å². The predicted octanol–water partition coefficient (Wildman–Crippen LogP) is 3.04. The average molecular weight is 259 g/mol. The molecule has 0 unspecified atom stereocenters. The van der Waals surface area contributed by atoms with E-state index < -0.39 is 0 Å². The molecule has 2 N–H and O–H groups in total. The second-order valence-corrected chi connectivity index (χ2v) is 4.41. The number of anilines is 1. The molecule has 88 valence electrons. The van der Waals surface area contributed by atoms with Gasteiger partial charge in [-0.2, -0.15) is 0 Å². The quantitative estimate of drug-likeness (QED) is 0.817. The highest BCUT2D eigenvalue weighted by Gasteiger charge is 2.05. The number of halogens is 1. The second kappa shape index (κ2) is 5.92. The molecule has 0 aromatic heterocycles. The number of methoxy groups -OCH3 is 1. The number of ether oxygens (including phenoxy) is 1. The van der Waals surface area contributed by atoms with Crippen molar-refractivity contribution in [1.29, 1.82) is 0 Å². The van der Waals surface area contributed by atoms with Gasteiger partial charge < -0.3 is 15.4 Å². The Kier molecular flexibility index (Phi) is 4.83. The van der Waals surface area contributed by atoms with Crippen molar-refractivity contribution in [3.8, 4) is 5.75 Å². The Morgan fingerprint density at radius 1 is 1.44 bits per heavy atom. The molecule has 1 aromatic rings. The Morgan fingerprint density at radius 3 is 2.69 bits per heavy atom. The maximum absolute atomic E-state index is 6.03. The van der Waals surface area contributed by atoms with Crippen LogP contribution in [0.3, 0.4) is 0 Å². The standard InChI is InChI=1S/C11H15ClN2OS/c1-7(2)13-11(16)14-10-6-8(15-3)4-5-9(10)12/h4-7H,1-3H3,(H2,13,14,16). The highest BCUT2D eigenvalue weighted by atomic mass is 35.5. The number of hydrogen-bond acceptors (Lipinski definition) is 2. The van der Waals surface area contributed by atoms with Gasteiger partial charge in [0.15, 0.2) is 5.11 Å². The Hall–Kier alpha value is -1.00. The summed E-state index contributed by atoms with van der Waals surface area (Å²) in [4.78, 5) is 0. The average Bonchev–Trinajstić information content (AvgIpc) is 2.20. The van der Waals surface area contributed by atoms with Crippen molar-refractivity contribution in [3.63, 3.8) is 0 Å². The van der Waals surface area contributed by atoms with E-state index in [0.29, 0.717) is 10.1 Å². The molecule has 0 saturated carbocycles. The lowest BCUT2D eigenvalue weighted by atomic mass is 10.3. The minimum absolute atomic E-state index is 0.282. The second-order valence-electron chi connectivity index (χ2n) is 3.60. The summed E-state index contributed by atoms with van der Waals surface area (Å²) in [5.41, 5.74) is 0.735. The monoisotopic (exact) mass is 258 g/mol. The minimum Gasteiger partial charge on any atom is -0.497 e. The number of benzene rings is 1. The lowest BCUT2D eigenvalue weighted by Crippen LogP contribution is -2.33. The summed E-state index contributed by atoms with van der Waals surface area (Å²) in [7, 11) is 1.61. The third-order valence-corrected chi connectivity index (χ3v) is 2.39. The van der Waals surface area contributed by atoms with Crippen molar-refractivity contribution in [2.24, 2.45) is 0 Å². The van der Waals surface area contributed by atoms with Crippen LogP contribution in [0.15, 0.2) is 18.2 Å². The Labute approximate surface area is 106 Å². The van der Waals surface area contributed by atoms with Crippen LogP contribution < -0.4 is 15.4 Å². The molecule has 0 aliphatic carbocycles. The molecule has 3 nitrogen and oxygen atoms in total. The molecule has 0 saturated heterocycles. The highest BCUT2D eigenvalue weighted by molar-refractivity contribution is 7.80. The summed E-state index contributed by atoms with van der Waals surface area (Å²) in [5.74, 6) is 0.735. The maximum atomic E-state index is 6.03. The zero-order valence-corrected chi connectivity index (χ0v) is 11.1. The number of rotatable bonds is 3. The van der Waals surface area contributed by atoms with E-state index in [0.717, 1.165) is 11.4 Å². The molecule has 0 atom stereocenters. The maximum Gasteiger partial charge on any atom is 0.171 e. The lowest BCUT2D eigenvalue weighted by Gasteiger charge is -2.14. The lowest BCUT2D eigenvalue weighted by molar-refractivity contribution is 0.415. The van der Waals surface area contributed by atoms with E-state index in [4.69, 9.17) is 28.6 Å². The third kappa shape index (κ3) is 3.87. The minimum atomic E-state index is 0.282. The van der Waals surface area contributed by atoms with Crippen molar-refractivity contribution < 1.29 is 4.74 Å². The van der Waals surface area contributed by atoms with Crippen LogP contribution in [0.2, 0.25) is 5.02 Å². The molecule has 0 aliphatic rings. The molecule has 0 spiro atoms. The number of nitrogens with one attached hydrogen (secondary N) is 2. The van der Waals surface area contributed by atoms with Gasteiger partial charge in [-0.15, -0.1) is 0 Å². The zero-order valence-electron chi connectivity index (χ0n) is 9.50. The normalized spacial score (nSPS) is 10.1. The van der Waals surface area contributed by atoms with Gasteiger partial charge in [0.2, 0.25) is 0 Å². The molecule has 0 heterocycles. The SMILES string of the molecule is COc1ccc(Cl)c(NC(=S)NC(C)C)c1. The van der Waals surface area contributed by atoms with Gasteiger partial charge in [0.05, 0.1) is 17.8 Å². The Balaban J connectivity index is 2.75. The van der Waals surface area contributed by atoms with Crippen molar-refractivity contribution in [3.05, 3.63) is 23.2 Å². The summed E-state index contributed by atoms with van der Waals surface area (Å²) in [5, 5.41) is 7.25. The smallest absolute Gasteiger partial charge is 0.171 e. The van der Waals surface area contributed by atoms with Crippen LogP contribution in [-0.2, 0) is 0 Å². The molecular formula is C11H15ClN2OS. The summed E-state index contributed by atoms with van der Waals surface area (Å²) in [6, 6.07) is 5.65. The zero-order chi connectivity index (χ0) is 12.1. The van der Waals surface area contributed by atoms with E-state index >= 15 is 0 Å². The van der Waals surface area contributed by atoms with Crippen molar-refractivity contribution in [1.82, 2.24) is 5.32 Å². The summed E-state index contributed by atoms with van der Waals surface area (Å²) < 4.78 is 5.11. The third-order valence-electron chi connectivity index (χ3n) is 1.84. The van der Waals surface area contributed by atoms with Crippen molar-refractivity contribution >= 4 is 34.6 Å². The highest BCUT2D eigenvalue weighted by Crippen LogP contribution is 2.26. The van der Waals surface area contributed by atoms with E-state index in [1.165, 1.54) is 0 Å². The number of thiocarbonyl (C=S) groups is 1. The van der Waals surface area contributed by atoms with Gasteiger partial charge in [0.25, 0.3) is 0 Å². The summed E-state index contributed by atoms with van der Waals surface area (Å²) in [6.07, 6.45) is 0. The first-order valence-corrected chi connectivity index (χ1v) is 5.72. The molecule has 5 heteroatoms. The van der Waals surface area contributed by atoms with Gasteiger partial charge in [0, 0.05) is 12.1 Å². The Morgan fingerprint density at radius 2 is 2.12 bits per heavy atom. The molecule has 1 aromatic carbocycles. The largest absolute Gasteiger partial charge is 0.497 e. The number of hydrogen-bond donors (Lipinski definition) is 2. The summed E-state index contributed by atoms with van der Waals surface area (Å²) >= 11 is 11.2. The van der Waals surface area contributed by atoms with E-state index in [-0.39, 0.29) is 6.04 Å². The fourth-order valence-electron chi connectivity index (χ4n) is 1.15. The first-order chi connectivity index (χ1) is 7.52. The molecule has 0 radical (unpaired) electrons. The molecule has 0 fully saturated rings. The molecule has 0 bridgehead atoms. The van der Waals surface area contributed by atoms with Crippen LogP contribution in [-0.4, -0.2) is 18.3 Å². The predicted molar refractivity (Wildman–Crippen MR) is 72.5 cm³/mol. The van der Waals surface area contributed by atoms with Crippen LogP contribution in [0.5, 0.6) is 5.75 Å².